The molecular weight excluding hydrogens is 426 g/mol. The number of benzene rings is 2. The first kappa shape index (κ1) is 23.7. The van der Waals surface area contributed by atoms with E-state index in [9.17, 15) is 15.3 Å². The Bertz CT molecular complexity index is 1270. The number of aromatic nitrogens is 1. The molecule has 1 heterocycles. The molecule has 3 aromatic rings. The first-order chi connectivity index (χ1) is 16.1. The molecule has 34 heavy (non-hydrogen) atoms. The molecule has 1 fully saturated rings. The Morgan fingerprint density at radius 3 is 2.47 bits per heavy atom. The number of rotatable bonds is 8. The van der Waals surface area contributed by atoms with Gasteiger partial charge in [-0.1, -0.05) is 33.4 Å². The van der Waals surface area contributed by atoms with E-state index in [4.69, 9.17) is 5.26 Å². The zero-order chi connectivity index (χ0) is 24.7. The van der Waals surface area contributed by atoms with Crippen molar-refractivity contribution in [3.63, 3.8) is 0 Å². The van der Waals surface area contributed by atoms with Crippen molar-refractivity contribution in [2.45, 2.75) is 57.4 Å². The second kappa shape index (κ2) is 8.73. The average molecular weight is 460 g/mol. The summed E-state index contributed by atoms with van der Waals surface area (Å²) in [4.78, 5) is 0. The molecule has 1 unspecified atom stereocenters. The molecular formula is C28H33N3O3. The van der Waals surface area contributed by atoms with Crippen molar-refractivity contribution in [1.82, 2.24) is 4.57 Å². The van der Waals surface area contributed by atoms with Crippen molar-refractivity contribution < 1.29 is 15.3 Å². The predicted molar refractivity (Wildman–Crippen MR) is 135 cm³/mol. The number of nitrogens with one attached hydrogen (secondary N) is 1. The number of aliphatic hydroxyl groups is 1. The lowest BCUT2D eigenvalue weighted by Crippen LogP contribution is -2.22. The van der Waals surface area contributed by atoms with Gasteiger partial charge in [0.05, 0.1) is 6.07 Å². The Morgan fingerprint density at radius 1 is 1.15 bits per heavy atom. The summed E-state index contributed by atoms with van der Waals surface area (Å²) in [6.07, 6.45) is 2.17. The van der Waals surface area contributed by atoms with Crippen LogP contribution in [0.2, 0.25) is 0 Å². The van der Waals surface area contributed by atoms with Gasteiger partial charge in [0.2, 0.25) is 0 Å². The average Bonchev–Trinajstić information content (AvgIpc) is 3.52. The van der Waals surface area contributed by atoms with Gasteiger partial charge in [0.25, 0.3) is 0 Å². The molecule has 2 aromatic carbocycles. The minimum Gasteiger partial charge on any atom is -0.504 e. The van der Waals surface area contributed by atoms with E-state index in [1.54, 1.807) is 6.07 Å². The summed E-state index contributed by atoms with van der Waals surface area (Å²) >= 11 is 0. The molecule has 1 aliphatic carbocycles. The Kier molecular flexibility index (Phi) is 6.09. The lowest BCUT2D eigenvalue weighted by molar-refractivity contribution is 0.212. The van der Waals surface area contributed by atoms with Crippen LogP contribution in [0.3, 0.4) is 0 Å². The summed E-state index contributed by atoms with van der Waals surface area (Å²) in [6, 6.07) is 15.6. The maximum atomic E-state index is 9.95. The molecule has 1 saturated carbocycles. The van der Waals surface area contributed by atoms with Crippen LogP contribution in [0.25, 0.3) is 10.9 Å². The van der Waals surface area contributed by atoms with Crippen LogP contribution in [0.1, 0.15) is 51.3 Å². The molecule has 0 saturated heterocycles. The van der Waals surface area contributed by atoms with Gasteiger partial charge >= 0.3 is 0 Å². The molecule has 0 aliphatic heterocycles. The van der Waals surface area contributed by atoms with Gasteiger partial charge in [-0.3, -0.25) is 0 Å². The number of anilines is 1. The number of nitrogens with zero attached hydrogens (tertiary/aromatic N) is 2. The summed E-state index contributed by atoms with van der Waals surface area (Å²) in [5, 5.41) is 43.1. The molecule has 4 N–H and O–H groups in total. The minimum absolute atomic E-state index is 0.0226. The molecule has 0 radical (unpaired) electrons. The van der Waals surface area contributed by atoms with E-state index in [1.807, 2.05) is 12.1 Å². The molecule has 178 valence electrons. The van der Waals surface area contributed by atoms with Gasteiger partial charge in [-0.2, -0.15) is 5.26 Å². The third-order valence-corrected chi connectivity index (χ3v) is 6.90. The molecule has 4 rings (SSSR count). The highest BCUT2D eigenvalue weighted by Gasteiger charge is 2.47. The van der Waals surface area contributed by atoms with Crippen molar-refractivity contribution in [3.8, 4) is 17.6 Å². The number of aromatic hydroxyl groups is 2. The van der Waals surface area contributed by atoms with Crippen molar-refractivity contribution in [2.24, 2.45) is 5.92 Å². The van der Waals surface area contributed by atoms with Crippen molar-refractivity contribution in [3.05, 3.63) is 66.0 Å². The Morgan fingerprint density at radius 2 is 1.88 bits per heavy atom. The lowest BCUT2D eigenvalue weighted by Gasteiger charge is -2.24. The highest BCUT2D eigenvalue weighted by molar-refractivity contribution is 5.85. The van der Waals surface area contributed by atoms with E-state index in [1.165, 1.54) is 6.07 Å². The van der Waals surface area contributed by atoms with Gasteiger partial charge in [-0.05, 0) is 54.8 Å². The van der Waals surface area contributed by atoms with Gasteiger partial charge in [0.1, 0.15) is 0 Å². The Hall–Kier alpha value is -3.43. The van der Waals surface area contributed by atoms with Crippen LogP contribution in [0, 0.1) is 17.2 Å². The van der Waals surface area contributed by atoms with Crippen LogP contribution in [0.5, 0.6) is 11.5 Å². The van der Waals surface area contributed by atoms with Gasteiger partial charge in [0.15, 0.2) is 11.5 Å². The van der Waals surface area contributed by atoms with Crippen molar-refractivity contribution in [1.29, 1.82) is 5.26 Å². The molecule has 6 heteroatoms. The smallest absolute Gasteiger partial charge is 0.157 e. The SMILES string of the molecule is C=C(Nc1ccc2c(c1)cc(C(C)(C)C)n2CC(CO)CC#N)C1(c2ccc(O)c(O)c2)CC1. The zero-order valence-corrected chi connectivity index (χ0v) is 20.1. The van der Waals surface area contributed by atoms with E-state index in [0.29, 0.717) is 13.0 Å². The monoisotopic (exact) mass is 459 g/mol. The van der Waals surface area contributed by atoms with Crippen LogP contribution in [0.15, 0.2) is 54.7 Å². The van der Waals surface area contributed by atoms with E-state index >= 15 is 0 Å². The number of hydrogen-bond acceptors (Lipinski definition) is 5. The third kappa shape index (κ3) is 4.36. The number of phenols is 2. The zero-order valence-electron chi connectivity index (χ0n) is 20.1. The standard InChI is InChI=1S/C28H33N3O3/c1-18(28(10-11-28)21-5-8-24(33)25(34)15-21)30-22-6-7-23-20(13-22)14-26(27(2,3)4)31(23)16-19(17-32)9-12-29/h5-8,13-15,19,30,32-34H,1,9-11,16-17H2,2-4H3. The fourth-order valence-electron chi connectivity index (χ4n) is 4.75. The lowest BCUT2D eigenvalue weighted by atomic mass is 9.91. The van der Waals surface area contributed by atoms with Crippen LogP contribution in [-0.2, 0) is 17.4 Å². The van der Waals surface area contributed by atoms with E-state index in [-0.39, 0.29) is 34.9 Å². The predicted octanol–water partition coefficient (Wildman–Crippen LogP) is 5.53. The molecule has 0 bridgehead atoms. The van der Waals surface area contributed by atoms with Crippen LogP contribution >= 0.6 is 0 Å². The first-order valence-corrected chi connectivity index (χ1v) is 11.7. The summed E-state index contributed by atoms with van der Waals surface area (Å²) in [5.41, 5.74) is 4.61. The van der Waals surface area contributed by atoms with Crippen LogP contribution in [-0.4, -0.2) is 26.5 Å². The number of nitriles is 1. The molecule has 0 amide bonds. The molecule has 1 aliphatic rings. The Labute approximate surface area is 200 Å². The van der Waals surface area contributed by atoms with E-state index in [2.05, 4.69) is 61.5 Å². The van der Waals surface area contributed by atoms with Crippen molar-refractivity contribution in [2.75, 3.05) is 11.9 Å². The molecule has 6 nitrogen and oxygen atoms in total. The highest BCUT2D eigenvalue weighted by Crippen LogP contribution is 2.54. The van der Waals surface area contributed by atoms with Gasteiger partial charge in [-0.15, -0.1) is 0 Å². The Balaban J connectivity index is 1.64. The second-order valence-corrected chi connectivity index (χ2v) is 10.5. The fourth-order valence-corrected chi connectivity index (χ4v) is 4.75. The summed E-state index contributed by atoms with van der Waals surface area (Å²) in [5.74, 6) is -0.358. The number of allylic oxidation sites excluding steroid dienone is 1. The second-order valence-electron chi connectivity index (χ2n) is 10.5. The molecule has 1 atom stereocenters. The topological polar surface area (TPSA) is 101 Å². The molecule has 0 spiro atoms. The van der Waals surface area contributed by atoms with Crippen molar-refractivity contribution >= 4 is 16.6 Å². The van der Waals surface area contributed by atoms with Gasteiger partial charge in [-0.25, -0.2) is 0 Å². The number of phenolic OH excluding ortho intramolecular Hbond substituents is 2. The summed E-state index contributed by atoms with van der Waals surface area (Å²) < 4.78 is 2.23. The maximum Gasteiger partial charge on any atom is 0.157 e. The van der Waals surface area contributed by atoms with Gasteiger partial charge in [0, 0.05) is 64.3 Å². The quantitative estimate of drug-likeness (QED) is 0.332. The number of hydrogen-bond donors (Lipinski definition) is 4. The fraction of sp³-hybridized carbons (Fsp3) is 0.393. The summed E-state index contributed by atoms with van der Waals surface area (Å²) in [7, 11) is 0. The van der Waals surface area contributed by atoms with Crippen LogP contribution < -0.4 is 5.32 Å². The number of fused-ring (bicyclic) bond motifs is 1. The van der Waals surface area contributed by atoms with Gasteiger partial charge < -0.3 is 25.2 Å². The van der Waals surface area contributed by atoms with E-state index in [0.717, 1.165) is 46.4 Å². The first-order valence-electron chi connectivity index (χ1n) is 11.7. The normalized spacial score (nSPS) is 15.6. The molecule has 1 aromatic heterocycles. The highest BCUT2D eigenvalue weighted by atomic mass is 16.3. The third-order valence-electron chi connectivity index (χ3n) is 6.90. The maximum absolute atomic E-state index is 9.95. The van der Waals surface area contributed by atoms with E-state index < -0.39 is 0 Å². The largest absolute Gasteiger partial charge is 0.504 e. The number of aliphatic hydroxyl groups excluding tert-OH is 1. The minimum atomic E-state index is -0.256. The summed E-state index contributed by atoms with van der Waals surface area (Å²) in [6.45, 7) is 11.4. The van der Waals surface area contributed by atoms with Crippen LogP contribution in [0.4, 0.5) is 5.69 Å².